The van der Waals surface area contributed by atoms with Crippen molar-refractivity contribution in [2.24, 2.45) is 10.9 Å². The van der Waals surface area contributed by atoms with Crippen LogP contribution in [0.15, 0.2) is 113 Å². The van der Waals surface area contributed by atoms with Crippen molar-refractivity contribution in [2.45, 2.75) is 40.2 Å². The lowest BCUT2D eigenvalue weighted by Gasteiger charge is -2.25. The van der Waals surface area contributed by atoms with Gasteiger partial charge in [-0.1, -0.05) is 62.1 Å². The summed E-state index contributed by atoms with van der Waals surface area (Å²) in [5.41, 5.74) is 3.81. The molecule has 1 aliphatic rings. The van der Waals surface area contributed by atoms with Gasteiger partial charge in [-0.3, -0.25) is 14.2 Å². The van der Waals surface area contributed by atoms with Gasteiger partial charge in [0.1, 0.15) is 18.1 Å². The zero-order chi connectivity index (χ0) is 37.6. The standard InChI is InChI=1S/C41H40N4O7S/c1-7-20-51-40(48)36-26(4)42-41-45(38(36)29-15-18-33(52-27(5)46)34(22-29)49-6)39(47)35(53-41)23-30-24-44(31-11-9-8-10-12-31)43-37(30)28-13-16-32(17-14-28)50-21-19-25(2)3/h7-18,22-25,38H,1,19-21H2,2-6H3/b35-23-/t38-/m0/s1. The smallest absolute Gasteiger partial charge is 0.338 e. The number of rotatable bonds is 13. The van der Waals surface area contributed by atoms with Crippen LogP contribution in [-0.2, 0) is 14.3 Å². The zero-order valence-corrected chi connectivity index (χ0v) is 31.0. The summed E-state index contributed by atoms with van der Waals surface area (Å²) in [7, 11) is 1.44. The van der Waals surface area contributed by atoms with Gasteiger partial charge in [-0.25, -0.2) is 14.5 Å². The van der Waals surface area contributed by atoms with Crippen LogP contribution in [0.1, 0.15) is 51.3 Å². The summed E-state index contributed by atoms with van der Waals surface area (Å²) >= 11 is 1.20. The van der Waals surface area contributed by atoms with Gasteiger partial charge >= 0.3 is 11.9 Å². The molecule has 0 saturated carbocycles. The van der Waals surface area contributed by atoms with Crippen LogP contribution in [0.5, 0.6) is 17.2 Å². The average molecular weight is 733 g/mol. The lowest BCUT2D eigenvalue weighted by atomic mass is 9.95. The minimum atomic E-state index is -0.930. The Morgan fingerprint density at radius 3 is 2.47 bits per heavy atom. The lowest BCUT2D eigenvalue weighted by molar-refractivity contribution is -0.138. The fraction of sp³-hybridized carbons (Fsp3) is 0.244. The molecule has 1 atom stereocenters. The number of benzene rings is 3. The number of esters is 2. The number of carbonyl (C=O) groups is 2. The number of allylic oxidation sites excluding steroid dienone is 1. The summed E-state index contributed by atoms with van der Waals surface area (Å²) in [6.45, 7) is 11.6. The van der Waals surface area contributed by atoms with Crippen molar-refractivity contribution in [1.82, 2.24) is 14.3 Å². The molecule has 2 aromatic heterocycles. The van der Waals surface area contributed by atoms with Gasteiger partial charge in [0.2, 0.25) is 0 Å². The van der Waals surface area contributed by atoms with Crippen LogP contribution < -0.4 is 29.1 Å². The first-order valence-electron chi connectivity index (χ1n) is 17.1. The molecule has 0 fully saturated rings. The van der Waals surface area contributed by atoms with Crippen molar-refractivity contribution in [1.29, 1.82) is 0 Å². The molecule has 0 aliphatic carbocycles. The van der Waals surface area contributed by atoms with E-state index in [1.54, 1.807) is 35.9 Å². The first-order valence-corrected chi connectivity index (χ1v) is 17.9. The SMILES string of the molecule is C=CCOC(=O)C1=C(C)N=c2s/c(=C\c3cn(-c4ccccc4)nc3-c3ccc(OCCC(C)C)cc3)c(=O)n2[C@H]1c1ccc(OC(C)=O)c(OC)c1. The molecule has 53 heavy (non-hydrogen) atoms. The Morgan fingerprint density at radius 1 is 1.04 bits per heavy atom. The van der Waals surface area contributed by atoms with Crippen LogP contribution in [0, 0.1) is 5.92 Å². The molecule has 3 aromatic carbocycles. The lowest BCUT2D eigenvalue weighted by Crippen LogP contribution is -2.40. The molecule has 0 amide bonds. The van der Waals surface area contributed by atoms with Crippen LogP contribution in [0.3, 0.4) is 0 Å². The third kappa shape index (κ3) is 8.07. The van der Waals surface area contributed by atoms with Gasteiger partial charge in [0.25, 0.3) is 5.56 Å². The molecular weight excluding hydrogens is 693 g/mol. The molecule has 5 aromatic rings. The normalized spacial score (nSPS) is 14.1. The fourth-order valence-corrected chi connectivity index (χ4v) is 6.93. The predicted octanol–water partition coefficient (Wildman–Crippen LogP) is 6.18. The number of thiazole rings is 1. The van der Waals surface area contributed by atoms with Crippen LogP contribution in [-0.4, -0.2) is 46.6 Å². The molecule has 0 spiro atoms. The second kappa shape index (κ2) is 16.1. The molecule has 272 valence electrons. The summed E-state index contributed by atoms with van der Waals surface area (Å²) in [5, 5.41) is 4.95. The molecule has 12 heteroatoms. The van der Waals surface area contributed by atoms with Gasteiger partial charge in [0.15, 0.2) is 16.3 Å². The van der Waals surface area contributed by atoms with Gasteiger partial charge in [-0.05, 0) is 79.4 Å². The Hall–Kier alpha value is -6.01. The van der Waals surface area contributed by atoms with Crippen molar-refractivity contribution in [3.05, 3.63) is 134 Å². The van der Waals surface area contributed by atoms with Gasteiger partial charge < -0.3 is 18.9 Å². The minimum absolute atomic E-state index is 0.0271. The van der Waals surface area contributed by atoms with Crippen molar-refractivity contribution >= 4 is 29.4 Å². The van der Waals surface area contributed by atoms with Gasteiger partial charge in [-0.2, -0.15) is 5.10 Å². The van der Waals surface area contributed by atoms with E-state index in [-0.39, 0.29) is 29.2 Å². The fourth-order valence-electron chi connectivity index (χ4n) is 5.90. The maximum Gasteiger partial charge on any atom is 0.338 e. The third-order valence-electron chi connectivity index (χ3n) is 8.47. The highest BCUT2D eigenvalue weighted by molar-refractivity contribution is 7.07. The van der Waals surface area contributed by atoms with Gasteiger partial charge in [-0.15, -0.1) is 0 Å². The van der Waals surface area contributed by atoms with Crippen LogP contribution in [0.25, 0.3) is 23.0 Å². The summed E-state index contributed by atoms with van der Waals surface area (Å²) in [6, 6.07) is 21.4. The van der Waals surface area contributed by atoms with E-state index >= 15 is 0 Å². The molecule has 0 N–H and O–H groups in total. The third-order valence-corrected chi connectivity index (χ3v) is 9.46. The van der Waals surface area contributed by atoms with Crippen molar-refractivity contribution in [2.75, 3.05) is 20.3 Å². The number of methoxy groups -OCH3 is 1. The maximum absolute atomic E-state index is 14.5. The number of hydrogen-bond donors (Lipinski definition) is 0. The topological polar surface area (TPSA) is 123 Å². The Morgan fingerprint density at radius 2 is 1.79 bits per heavy atom. The Kier molecular flexibility index (Phi) is 11.2. The van der Waals surface area contributed by atoms with Crippen LogP contribution >= 0.6 is 11.3 Å². The molecular formula is C41H40N4O7S. The molecule has 0 bridgehead atoms. The summed E-state index contributed by atoms with van der Waals surface area (Å²) in [4.78, 5) is 44.9. The van der Waals surface area contributed by atoms with E-state index in [4.69, 9.17) is 29.0 Å². The number of carbonyl (C=O) groups excluding carboxylic acids is 2. The molecule has 0 unspecified atom stereocenters. The predicted molar refractivity (Wildman–Crippen MR) is 203 cm³/mol. The molecule has 1 aliphatic heterocycles. The van der Waals surface area contributed by atoms with Crippen molar-refractivity contribution in [3.63, 3.8) is 0 Å². The Balaban J connectivity index is 1.49. The van der Waals surface area contributed by atoms with E-state index in [1.807, 2.05) is 60.8 Å². The largest absolute Gasteiger partial charge is 0.494 e. The van der Waals surface area contributed by atoms with E-state index in [9.17, 15) is 14.4 Å². The quantitative estimate of drug-likeness (QED) is 0.0800. The van der Waals surface area contributed by atoms with E-state index in [1.165, 1.54) is 36.0 Å². The number of para-hydroxylation sites is 1. The summed E-state index contributed by atoms with van der Waals surface area (Å²) in [5.74, 6) is 0.596. The van der Waals surface area contributed by atoms with Crippen LogP contribution in [0.2, 0.25) is 0 Å². The highest BCUT2D eigenvalue weighted by atomic mass is 32.1. The molecule has 3 heterocycles. The number of aromatic nitrogens is 3. The average Bonchev–Trinajstić information content (AvgIpc) is 3.70. The maximum atomic E-state index is 14.5. The van der Waals surface area contributed by atoms with E-state index < -0.39 is 18.0 Å². The van der Waals surface area contributed by atoms with Gasteiger partial charge in [0, 0.05) is 24.2 Å². The zero-order valence-electron chi connectivity index (χ0n) is 30.2. The number of nitrogens with zero attached hydrogens (tertiary/aromatic N) is 4. The van der Waals surface area contributed by atoms with E-state index in [0.717, 1.165) is 23.4 Å². The monoisotopic (exact) mass is 732 g/mol. The van der Waals surface area contributed by atoms with E-state index in [0.29, 0.717) is 44.4 Å². The number of fused-ring (bicyclic) bond motifs is 1. The second-order valence-electron chi connectivity index (χ2n) is 12.7. The molecule has 0 radical (unpaired) electrons. The molecule has 11 nitrogen and oxygen atoms in total. The van der Waals surface area contributed by atoms with Gasteiger partial charge in [0.05, 0.1) is 41.2 Å². The first-order chi connectivity index (χ1) is 25.6. The first kappa shape index (κ1) is 36.8. The highest BCUT2D eigenvalue weighted by Crippen LogP contribution is 2.36. The second-order valence-corrected chi connectivity index (χ2v) is 13.8. The highest BCUT2D eigenvalue weighted by Gasteiger charge is 2.34. The molecule has 6 rings (SSSR count). The van der Waals surface area contributed by atoms with Crippen molar-refractivity contribution < 1.29 is 28.5 Å². The Labute approximate surface area is 310 Å². The number of hydrogen-bond acceptors (Lipinski definition) is 10. The van der Waals surface area contributed by atoms with Crippen LogP contribution in [0.4, 0.5) is 0 Å². The summed E-state index contributed by atoms with van der Waals surface area (Å²) < 4.78 is 25.9. The number of ether oxygens (including phenoxy) is 4. The minimum Gasteiger partial charge on any atom is -0.494 e. The summed E-state index contributed by atoms with van der Waals surface area (Å²) in [6.07, 6.45) is 6.11. The molecule has 0 saturated heterocycles. The Bertz CT molecular complexity index is 2370. The van der Waals surface area contributed by atoms with E-state index in [2.05, 4.69) is 20.4 Å². The van der Waals surface area contributed by atoms with Crippen molar-refractivity contribution in [3.8, 4) is 34.2 Å².